The first-order valence-electron chi connectivity index (χ1n) is 12.3. The second-order valence-corrected chi connectivity index (χ2v) is 9.35. The summed E-state index contributed by atoms with van der Waals surface area (Å²) in [7, 11) is 0. The highest BCUT2D eigenvalue weighted by atomic mass is 16.2. The van der Waals surface area contributed by atoms with E-state index in [4.69, 9.17) is 0 Å². The van der Waals surface area contributed by atoms with Gasteiger partial charge in [0.1, 0.15) is 5.69 Å². The van der Waals surface area contributed by atoms with Crippen molar-refractivity contribution in [2.45, 2.75) is 47.2 Å². The number of hydrogen-bond donors (Lipinski definition) is 2. The summed E-state index contributed by atoms with van der Waals surface area (Å²) in [5, 5.41) is 6.96. The van der Waals surface area contributed by atoms with Crippen LogP contribution in [0, 0.1) is 13.8 Å². The molecular weight excluding hydrogens is 446 g/mol. The van der Waals surface area contributed by atoms with Gasteiger partial charge in [-0.1, -0.05) is 65.7 Å². The van der Waals surface area contributed by atoms with E-state index in [1.54, 1.807) is 0 Å². The number of carbonyl (C=O) groups excluding carboxylic acids is 2. The predicted molar refractivity (Wildman–Crippen MR) is 147 cm³/mol. The molecule has 0 saturated heterocycles. The minimum absolute atomic E-state index is 0.0550. The highest BCUT2D eigenvalue weighted by molar-refractivity contribution is 6.01. The van der Waals surface area contributed by atoms with E-state index < -0.39 is 0 Å². The number of fused-ring (bicyclic) bond motifs is 1. The maximum Gasteiger partial charge on any atom is 0.268 e. The summed E-state index contributed by atoms with van der Waals surface area (Å²) in [5.41, 5.74) is 7.86. The number of anilines is 1. The molecule has 0 unspecified atom stereocenters. The van der Waals surface area contributed by atoms with Crippen LogP contribution in [0.25, 0.3) is 10.9 Å². The number of allylic oxidation sites excluding steroid dienone is 1. The number of rotatable bonds is 8. The number of nitrogens with zero attached hydrogens (tertiary/aromatic N) is 1. The molecule has 2 N–H and O–H groups in total. The van der Waals surface area contributed by atoms with Gasteiger partial charge in [0, 0.05) is 36.1 Å². The Balaban J connectivity index is 1.68. The van der Waals surface area contributed by atoms with E-state index in [2.05, 4.69) is 47.2 Å². The van der Waals surface area contributed by atoms with E-state index in [1.165, 1.54) is 16.7 Å². The third-order valence-corrected chi connectivity index (χ3v) is 6.48. The van der Waals surface area contributed by atoms with Gasteiger partial charge in [0.2, 0.25) is 5.91 Å². The van der Waals surface area contributed by atoms with Crippen molar-refractivity contribution in [2.75, 3.05) is 5.32 Å². The minimum atomic E-state index is -0.130. The second kappa shape index (κ2) is 11.1. The summed E-state index contributed by atoms with van der Waals surface area (Å²) >= 11 is 0. The van der Waals surface area contributed by atoms with Crippen molar-refractivity contribution in [2.24, 2.45) is 0 Å². The highest BCUT2D eigenvalue weighted by Gasteiger charge is 2.17. The molecule has 0 bridgehead atoms. The molecule has 1 heterocycles. The molecule has 184 valence electrons. The quantitative estimate of drug-likeness (QED) is 0.282. The van der Waals surface area contributed by atoms with Gasteiger partial charge >= 0.3 is 0 Å². The Morgan fingerprint density at radius 3 is 2.47 bits per heavy atom. The Hall–Kier alpha value is -4.12. The fourth-order valence-electron chi connectivity index (χ4n) is 4.28. The van der Waals surface area contributed by atoms with E-state index in [0.717, 1.165) is 27.7 Å². The van der Waals surface area contributed by atoms with Crippen molar-refractivity contribution in [3.05, 3.63) is 112 Å². The first kappa shape index (κ1) is 25.0. The van der Waals surface area contributed by atoms with Crippen molar-refractivity contribution >= 4 is 28.4 Å². The normalized spacial score (nSPS) is 11.5. The monoisotopic (exact) mass is 479 g/mol. The van der Waals surface area contributed by atoms with Crippen LogP contribution in [-0.4, -0.2) is 16.4 Å². The first-order valence-corrected chi connectivity index (χ1v) is 12.3. The van der Waals surface area contributed by atoms with Crippen LogP contribution in [0.1, 0.15) is 53.0 Å². The molecule has 0 atom stereocenters. The lowest BCUT2D eigenvalue weighted by Crippen LogP contribution is -2.25. The minimum Gasteiger partial charge on any atom is -0.347 e. The predicted octanol–water partition coefficient (Wildman–Crippen LogP) is 6.53. The molecule has 0 aliphatic rings. The molecule has 0 spiro atoms. The zero-order valence-corrected chi connectivity index (χ0v) is 21.4. The van der Waals surface area contributed by atoms with Crippen LogP contribution in [-0.2, 0) is 17.9 Å². The van der Waals surface area contributed by atoms with Gasteiger partial charge in [-0.2, -0.15) is 0 Å². The van der Waals surface area contributed by atoms with Crippen LogP contribution in [0.5, 0.6) is 0 Å². The van der Waals surface area contributed by atoms with Gasteiger partial charge in [0.15, 0.2) is 0 Å². The molecule has 0 saturated carbocycles. The van der Waals surface area contributed by atoms with Gasteiger partial charge in [-0.05, 0) is 68.7 Å². The molecule has 5 heteroatoms. The van der Waals surface area contributed by atoms with Crippen LogP contribution >= 0.6 is 0 Å². The number of carbonyl (C=O) groups is 2. The van der Waals surface area contributed by atoms with Crippen LogP contribution < -0.4 is 10.6 Å². The average Bonchev–Trinajstić information content (AvgIpc) is 3.22. The van der Waals surface area contributed by atoms with Crippen LogP contribution in [0.4, 0.5) is 5.69 Å². The van der Waals surface area contributed by atoms with Crippen molar-refractivity contribution < 1.29 is 9.59 Å². The molecule has 0 aliphatic heterocycles. The molecule has 1 aromatic heterocycles. The molecule has 4 aromatic rings. The molecule has 0 radical (unpaired) electrons. The summed E-state index contributed by atoms with van der Waals surface area (Å²) in [6.07, 6.45) is 2.30. The molecule has 4 rings (SSSR count). The van der Waals surface area contributed by atoms with Crippen molar-refractivity contribution in [3.8, 4) is 0 Å². The fourth-order valence-corrected chi connectivity index (χ4v) is 4.28. The van der Waals surface area contributed by atoms with Gasteiger partial charge in [-0.25, -0.2) is 0 Å². The third-order valence-electron chi connectivity index (χ3n) is 6.48. The number of amides is 2. The lowest BCUT2D eigenvalue weighted by atomic mass is 10.1. The Kier molecular flexibility index (Phi) is 7.69. The van der Waals surface area contributed by atoms with Gasteiger partial charge in [-0.3, -0.25) is 9.59 Å². The van der Waals surface area contributed by atoms with Crippen LogP contribution in [0.3, 0.4) is 0 Å². The fraction of sp³-hybridized carbons (Fsp3) is 0.226. The molecule has 5 nitrogen and oxygen atoms in total. The lowest BCUT2D eigenvalue weighted by Gasteiger charge is -2.14. The lowest BCUT2D eigenvalue weighted by molar-refractivity contribution is -0.115. The number of benzene rings is 3. The number of nitrogens with one attached hydrogen (secondary N) is 2. The highest BCUT2D eigenvalue weighted by Crippen LogP contribution is 2.26. The maximum atomic E-state index is 13.4. The van der Waals surface area contributed by atoms with E-state index >= 15 is 0 Å². The van der Waals surface area contributed by atoms with Crippen LogP contribution in [0.15, 0.2) is 84.4 Å². The van der Waals surface area contributed by atoms with Crippen molar-refractivity contribution in [1.82, 2.24) is 9.88 Å². The Morgan fingerprint density at radius 2 is 1.72 bits per heavy atom. The number of aromatic nitrogens is 1. The molecule has 36 heavy (non-hydrogen) atoms. The Bertz CT molecular complexity index is 1430. The SMILES string of the molecule is C/C=C(\C)CC(=O)Nc1ccc2c(c1)cc(C(=O)NCc1ccccc1)n2Cc1cc(C)ccc1C. The molecule has 0 fully saturated rings. The van der Waals surface area contributed by atoms with Crippen LogP contribution in [0.2, 0.25) is 0 Å². The molecule has 0 aliphatic carbocycles. The first-order chi connectivity index (χ1) is 17.3. The largest absolute Gasteiger partial charge is 0.347 e. The zero-order chi connectivity index (χ0) is 25.7. The zero-order valence-electron chi connectivity index (χ0n) is 21.4. The third kappa shape index (κ3) is 5.92. The summed E-state index contributed by atoms with van der Waals surface area (Å²) < 4.78 is 2.06. The summed E-state index contributed by atoms with van der Waals surface area (Å²) in [6.45, 7) is 9.08. The topological polar surface area (TPSA) is 63.1 Å². The molecular formula is C31H33N3O2. The van der Waals surface area contributed by atoms with Gasteiger partial charge in [-0.15, -0.1) is 0 Å². The van der Waals surface area contributed by atoms with Crippen molar-refractivity contribution in [1.29, 1.82) is 0 Å². The number of hydrogen-bond acceptors (Lipinski definition) is 2. The van der Waals surface area contributed by atoms with E-state index in [1.807, 2.05) is 74.5 Å². The van der Waals surface area contributed by atoms with E-state index in [-0.39, 0.29) is 11.8 Å². The standard InChI is InChI=1S/C31H33N3O2/c1-5-21(2)16-30(35)33-27-13-14-28-25(17-27)18-29(31(36)32-19-24-9-7-6-8-10-24)34(28)20-26-15-22(3)11-12-23(26)4/h5-15,17-18H,16,19-20H2,1-4H3,(H,32,36)(H,33,35)/b21-5+. The number of aryl methyl sites for hydroxylation is 2. The van der Waals surface area contributed by atoms with E-state index in [9.17, 15) is 9.59 Å². The molecule has 3 aromatic carbocycles. The van der Waals surface area contributed by atoms with Crippen molar-refractivity contribution in [3.63, 3.8) is 0 Å². The van der Waals surface area contributed by atoms with Gasteiger partial charge in [0.05, 0.1) is 0 Å². The second-order valence-electron chi connectivity index (χ2n) is 9.35. The van der Waals surface area contributed by atoms with E-state index in [0.29, 0.717) is 25.2 Å². The van der Waals surface area contributed by atoms with Gasteiger partial charge < -0.3 is 15.2 Å². The smallest absolute Gasteiger partial charge is 0.268 e. The molecule has 2 amide bonds. The summed E-state index contributed by atoms with van der Waals surface area (Å²) in [6, 6.07) is 24.0. The van der Waals surface area contributed by atoms with Gasteiger partial charge in [0.25, 0.3) is 5.91 Å². The Labute approximate surface area is 212 Å². The summed E-state index contributed by atoms with van der Waals surface area (Å²) in [5.74, 6) is -0.185. The summed E-state index contributed by atoms with van der Waals surface area (Å²) in [4.78, 5) is 25.8. The maximum absolute atomic E-state index is 13.4. The Morgan fingerprint density at radius 1 is 0.944 bits per heavy atom. The average molecular weight is 480 g/mol.